The van der Waals surface area contributed by atoms with Crippen LogP contribution in [0, 0.1) is 21.4 Å². The third kappa shape index (κ3) is 3.18. The van der Waals surface area contributed by atoms with Crippen molar-refractivity contribution in [2.45, 2.75) is 13.3 Å². The van der Waals surface area contributed by atoms with Gasteiger partial charge in [0.2, 0.25) is 0 Å². The Labute approximate surface area is 108 Å². The van der Waals surface area contributed by atoms with E-state index in [0.717, 1.165) is 12.1 Å². The molecule has 0 unspecified atom stereocenters. The quantitative estimate of drug-likeness (QED) is 0.474. The topological polar surface area (TPSA) is 93.2 Å². The largest absolute Gasteiger partial charge is 0.466 e. The molecule has 0 aliphatic rings. The Morgan fingerprint density at radius 2 is 2.28 bits per heavy atom. The van der Waals surface area contributed by atoms with E-state index < -0.39 is 10.9 Å². The molecule has 0 spiro atoms. The molecular formula is C11H9ClN2O4. The minimum absolute atomic E-state index is 0.0500. The first-order chi connectivity index (χ1) is 8.49. The number of hydrogen-bond donors (Lipinski definition) is 0. The Balaban J connectivity index is 3.19. The van der Waals surface area contributed by atoms with E-state index in [1.165, 1.54) is 0 Å². The van der Waals surface area contributed by atoms with Gasteiger partial charge >= 0.3 is 5.97 Å². The molecule has 0 radical (unpaired) electrons. The Morgan fingerprint density at radius 1 is 1.61 bits per heavy atom. The van der Waals surface area contributed by atoms with Crippen molar-refractivity contribution in [2.75, 3.05) is 6.61 Å². The maximum Gasteiger partial charge on any atom is 0.310 e. The number of benzene rings is 1. The van der Waals surface area contributed by atoms with E-state index >= 15 is 0 Å². The summed E-state index contributed by atoms with van der Waals surface area (Å²) in [7, 11) is 0. The molecule has 94 valence electrons. The van der Waals surface area contributed by atoms with E-state index in [1.807, 2.05) is 6.07 Å². The van der Waals surface area contributed by atoms with E-state index in [2.05, 4.69) is 0 Å². The first-order valence-electron chi connectivity index (χ1n) is 5.02. The Morgan fingerprint density at radius 3 is 2.78 bits per heavy atom. The number of nitrogens with zero attached hydrogens (tertiary/aromatic N) is 2. The Bertz CT molecular complexity index is 537. The fraction of sp³-hybridized carbons (Fsp3) is 0.273. The van der Waals surface area contributed by atoms with Crippen molar-refractivity contribution in [3.8, 4) is 6.07 Å². The average Bonchev–Trinajstić information content (AvgIpc) is 2.28. The summed E-state index contributed by atoms with van der Waals surface area (Å²) in [5, 5.41) is 19.5. The van der Waals surface area contributed by atoms with Gasteiger partial charge in [-0.2, -0.15) is 5.26 Å². The van der Waals surface area contributed by atoms with Gasteiger partial charge in [0.15, 0.2) is 0 Å². The highest BCUT2D eigenvalue weighted by Gasteiger charge is 2.18. The zero-order valence-corrected chi connectivity index (χ0v) is 10.2. The van der Waals surface area contributed by atoms with Crippen LogP contribution in [0.5, 0.6) is 0 Å². The van der Waals surface area contributed by atoms with Crippen LogP contribution in [-0.2, 0) is 16.0 Å². The summed E-state index contributed by atoms with van der Waals surface area (Å²) in [6.45, 7) is 1.84. The number of rotatable bonds is 4. The molecule has 18 heavy (non-hydrogen) atoms. The Hall–Kier alpha value is -2.13. The molecule has 7 heteroatoms. The second-order valence-corrected chi connectivity index (χ2v) is 3.72. The lowest BCUT2D eigenvalue weighted by Gasteiger charge is -2.05. The number of nitro benzene ring substituents is 1. The number of non-ortho nitro benzene ring substituents is 1. The van der Waals surface area contributed by atoms with Gasteiger partial charge in [0.05, 0.1) is 28.5 Å². The third-order valence-corrected chi connectivity index (χ3v) is 2.42. The van der Waals surface area contributed by atoms with Crippen LogP contribution in [0.2, 0.25) is 5.02 Å². The van der Waals surface area contributed by atoms with E-state index in [1.54, 1.807) is 6.92 Å². The fourth-order valence-electron chi connectivity index (χ4n) is 1.39. The number of carbonyl (C=O) groups is 1. The predicted molar refractivity (Wildman–Crippen MR) is 63.2 cm³/mol. The highest BCUT2D eigenvalue weighted by molar-refractivity contribution is 6.32. The normalized spacial score (nSPS) is 9.61. The lowest BCUT2D eigenvalue weighted by molar-refractivity contribution is -0.384. The molecule has 0 fully saturated rings. The summed E-state index contributed by atoms with van der Waals surface area (Å²) >= 11 is 5.76. The van der Waals surface area contributed by atoms with Crippen LogP contribution in [0.4, 0.5) is 5.69 Å². The summed E-state index contributed by atoms with van der Waals surface area (Å²) in [6.07, 6.45) is -0.224. The molecular weight excluding hydrogens is 260 g/mol. The maximum absolute atomic E-state index is 11.3. The van der Waals surface area contributed by atoms with Crippen LogP contribution in [0.3, 0.4) is 0 Å². The summed E-state index contributed by atoms with van der Waals surface area (Å²) in [6, 6.07) is 4.05. The van der Waals surface area contributed by atoms with Gasteiger partial charge in [0, 0.05) is 12.1 Å². The van der Waals surface area contributed by atoms with Crippen molar-refractivity contribution < 1.29 is 14.5 Å². The number of ether oxygens (including phenoxy) is 1. The molecule has 0 heterocycles. The molecule has 1 aromatic rings. The van der Waals surface area contributed by atoms with Crippen LogP contribution in [-0.4, -0.2) is 17.5 Å². The zero-order chi connectivity index (χ0) is 13.7. The monoisotopic (exact) mass is 268 g/mol. The molecule has 0 aromatic heterocycles. The lowest BCUT2D eigenvalue weighted by atomic mass is 10.0. The van der Waals surface area contributed by atoms with E-state index in [-0.39, 0.29) is 34.9 Å². The van der Waals surface area contributed by atoms with Crippen LogP contribution in [0.25, 0.3) is 0 Å². The van der Waals surface area contributed by atoms with Crippen molar-refractivity contribution in [3.63, 3.8) is 0 Å². The molecule has 0 atom stereocenters. The molecule has 0 amide bonds. The van der Waals surface area contributed by atoms with Gasteiger partial charge in [-0.15, -0.1) is 0 Å². The molecule has 1 aromatic carbocycles. The number of carbonyl (C=O) groups excluding carboxylic acids is 1. The zero-order valence-electron chi connectivity index (χ0n) is 9.47. The second kappa shape index (κ2) is 5.98. The molecule has 1 rings (SSSR count). The number of esters is 1. The van der Waals surface area contributed by atoms with Gasteiger partial charge in [0.25, 0.3) is 5.69 Å². The summed E-state index contributed by atoms with van der Waals surface area (Å²) < 4.78 is 4.72. The minimum Gasteiger partial charge on any atom is -0.466 e. The van der Waals surface area contributed by atoms with Crippen LogP contribution < -0.4 is 0 Å². The van der Waals surface area contributed by atoms with Gasteiger partial charge in [-0.25, -0.2) is 0 Å². The van der Waals surface area contributed by atoms with Gasteiger partial charge in [-0.3, -0.25) is 14.9 Å². The molecule has 0 aliphatic heterocycles. The van der Waals surface area contributed by atoms with Crippen LogP contribution in [0.1, 0.15) is 18.1 Å². The van der Waals surface area contributed by atoms with Crippen molar-refractivity contribution in [1.82, 2.24) is 0 Å². The molecule has 0 aliphatic carbocycles. The van der Waals surface area contributed by atoms with Crippen molar-refractivity contribution in [1.29, 1.82) is 5.26 Å². The van der Waals surface area contributed by atoms with Crippen LogP contribution >= 0.6 is 11.6 Å². The van der Waals surface area contributed by atoms with Crippen LogP contribution in [0.15, 0.2) is 12.1 Å². The van der Waals surface area contributed by atoms with E-state index in [4.69, 9.17) is 21.6 Å². The standard InChI is InChI=1S/C11H9ClN2O4/c1-2-18-11(15)4-7-3-8(14(16)17)5-10(12)9(7)6-13/h3,5H,2,4H2,1H3. The fourth-order valence-corrected chi connectivity index (χ4v) is 1.66. The molecule has 0 saturated carbocycles. The van der Waals surface area contributed by atoms with E-state index in [0.29, 0.717) is 0 Å². The van der Waals surface area contributed by atoms with Crippen molar-refractivity contribution in [2.24, 2.45) is 0 Å². The van der Waals surface area contributed by atoms with Crippen molar-refractivity contribution >= 4 is 23.3 Å². The number of halogens is 1. The first-order valence-corrected chi connectivity index (χ1v) is 5.40. The minimum atomic E-state index is -0.637. The van der Waals surface area contributed by atoms with Gasteiger partial charge in [0.1, 0.15) is 6.07 Å². The number of nitriles is 1. The van der Waals surface area contributed by atoms with Gasteiger partial charge < -0.3 is 4.74 Å². The number of hydrogen-bond acceptors (Lipinski definition) is 5. The lowest BCUT2D eigenvalue weighted by Crippen LogP contribution is -2.09. The average molecular weight is 269 g/mol. The Kier molecular flexibility index (Phi) is 4.63. The van der Waals surface area contributed by atoms with Crippen molar-refractivity contribution in [3.05, 3.63) is 38.4 Å². The van der Waals surface area contributed by atoms with Gasteiger partial charge in [-0.05, 0) is 12.5 Å². The predicted octanol–water partition coefficient (Wildman–Crippen LogP) is 2.23. The first kappa shape index (κ1) is 13.9. The third-order valence-electron chi connectivity index (χ3n) is 2.12. The second-order valence-electron chi connectivity index (χ2n) is 3.31. The molecule has 0 N–H and O–H groups in total. The highest BCUT2D eigenvalue weighted by atomic mass is 35.5. The molecule has 6 nitrogen and oxygen atoms in total. The SMILES string of the molecule is CCOC(=O)Cc1cc([N+](=O)[O-])cc(Cl)c1C#N. The molecule has 0 saturated heterocycles. The molecule has 0 bridgehead atoms. The summed E-state index contributed by atoms with van der Waals surface area (Å²) in [5.74, 6) is -0.564. The van der Waals surface area contributed by atoms with E-state index in [9.17, 15) is 14.9 Å². The maximum atomic E-state index is 11.3. The highest BCUT2D eigenvalue weighted by Crippen LogP contribution is 2.26. The summed E-state index contributed by atoms with van der Waals surface area (Å²) in [5.41, 5.74) is -0.0243. The van der Waals surface area contributed by atoms with Gasteiger partial charge in [-0.1, -0.05) is 11.6 Å². The summed E-state index contributed by atoms with van der Waals surface area (Å²) in [4.78, 5) is 21.4. The number of nitro groups is 1. The smallest absolute Gasteiger partial charge is 0.310 e.